The predicted octanol–water partition coefficient (Wildman–Crippen LogP) is 0.872. The lowest BCUT2D eigenvalue weighted by Crippen LogP contribution is -2.46. The second kappa shape index (κ2) is 8.09. The van der Waals surface area contributed by atoms with E-state index in [1.54, 1.807) is 11.9 Å². The van der Waals surface area contributed by atoms with E-state index in [2.05, 4.69) is 0 Å². The van der Waals surface area contributed by atoms with Crippen LogP contribution in [-0.2, 0) is 9.59 Å². The molecule has 110 valence electrons. The van der Waals surface area contributed by atoms with Crippen LogP contribution in [0.25, 0.3) is 0 Å². The Hall–Kier alpha value is -1.17. The fourth-order valence-corrected chi connectivity index (χ4v) is 2.30. The minimum absolute atomic E-state index is 0.0241. The molecule has 0 heterocycles. The molecule has 5 nitrogen and oxygen atoms in total. The van der Waals surface area contributed by atoms with Crippen LogP contribution in [0.1, 0.15) is 27.7 Å². The molecule has 0 saturated carbocycles. The first kappa shape index (κ1) is 17.8. The van der Waals surface area contributed by atoms with Crippen LogP contribution in [0.4, 0.5) is 0 Å². The molecule has 0 fully saturated rings. The highest BCUT2D eigenvalue weighted by Gasteiger charge is 2.29. The molecule has 2 amide bonds. The first-order valence-corrected chi connectivity index (χ1v) is 6.99. The van der Waals surface area contributed by atoms with Crippen molar-refractivity contribution in [2.75, 3.05) is 26.7 Å². The Balaban J connectivity index is 4.73. The van der Waals surface area contributed by atoms with E-state index in [1.165, 1.54) is 4.90 Å². The Kier molecular flexibility index (Phi) is 7.59. The molecule has 0 aromatic carbocycles. The van der Waals surface area contributed by atoms with Gasteiger partial charge in [0.15, 0.2) is 0 Å². The third-order valence-corrected chi connectivity index (χ3v) is 3.36. The number of hydrogen-bond donors (Lipinski definition) is 1. The minimum atomic E-state index is -0.510. The minimum Gasteiger partial charge on any atom is -0.393 e. The third-order valence-electron chi connectivity index (χ3n) is 3.10. The lowest BCUT2D eigenvalue weighted by Gasteiger charge is -2.27. The largest absolute Gasteiger partial charge is 0.393 e. The molecule has 0 rings (SSSR count). The molecule has 1 atom stereocenters. The zero-order valence-corrected chi connectivity index (χ0v) is 13.3. The summed E-state index contributed by atoms with van der Waals surface area (Å²) in [4.78, 5) is 27.5. The molecule has 6 heteroatoms. The van der Waals surface area contributed by atoms with Gasteiger partial charge in [0, 0.05) is 20.1 Å². The van der Waals surface area contributed by atoms with E-state index in [4.69, 9.17) is 18.0 Å². The summed E-state index contributed by atoms with van der Waals surface area (Å²) in [5.74, 6) is -0.741. The second-order valence-corrected chi connectivity index (χ2v) is 5.36. The summed E-state index contributed by atoms with van der Waals surface area (Å²) >= 11 is 4.93. The van der Waals surface area contributed by atoms with Gasteiger partial charge in [0.2, 0.25) is 11.8 Å². The van der Waals surface area contributed by atoms with Gasteiger partial charge in [-0.25, -0.2) is 0 Å². The van der Waals surface area contributed by atoms with E-state index in [1.807, 2.05) is 27.7 Å². The summed E-state index contributed by atoms with van der Waals surface area (Å²) in [6, 6.07) is 0. The number of likely N-dealkylation sites (N-methyl/N-ethyl adjacent to an activating group) is 2. The molecule has 0 aliphatic heterocycles. The molecular weight excluding hydrogens is 262 g/mol. The van der Waals surface area contributed by atoms with Crippen LogP contribution in [0.3, 0.4) is 0 Å². The lowest BCUT2D eigenvalue weighted by molar-refractivity contribution is -0.140. The van der Waals surface area contributed by atoms with Gasteiger partial charge in [0.1, 0.15) is 0 Å². The van der Waals surface area contributed by atoms with E-state index in [0.717, 1.165) is 0 Å². The van der Waals surface area contributed by atoms with Crippen molar-refractivity contribution in [1.82, 2.24) is 9.80 Å². The molecular formula is C13H25N3O2S. The van der Waals surface area contributed by atoms with Gasteiger partial charge in [0.05, 0.1) is 17.5 Å². The smallest absolute Gasteiger partial charge is 0.242 e. The van der Waals surface area contributed by atoms with Crippen molar-refractivity contribution in [2.24, 2.45) is 17.6 Å². The van der Waals surface area contributed by atoms with Gasteiger partial charge in [0.25, 0.3) is 0 Å². The average Bonchev–Trinajstić information content (AvgIpc) is 2.29. The Morgan fingerprint density at radius 3 is 2.00 bits per heavy atom. The predicted molar refractivity (Wildman–Crippen MR) is 80.7 cm³/mol. The van der Waals surface area contributed by atoms with Crippen LogP contribution in [0, 0.1) is 11.8 Å². The molecule has 1 unspecified atom stereocenters. The summed E-state index contributed by atoms with van der Waals surface area (Å²) in [5.41, 5.74) is 5.61. The van der Waals surface area contributed by atoms with Crippen molar-refractivity contribution < 1.29 is 9.59 Å². The van der Waals surface area contributed by atoms with E-state index >= 15 is 0 Å². The highest BCUT2D eigenvalue weighted by molar-refractivity contribution is 7.80. The third kappa shape index (κ3) is 5.14. The van der Waals surface area contributed by atoms with Gasteiger partial charge in [-0.3, -0.25) is 9.59 Å². The number of thiocarbonyl (C=S) groups is 1. The summed E-state index contributed by atoms with van der Waals surface area (Å²) in [5, 5.41) is 0. The molecule has 0 aliphatic carbocycles. The standard InChI is InChI=1S/C13H25N3O2S/c1-6-16(7-2)10(17)8-15(5)13(18)11(9(3)4)12(14)19/h9,11H,6-8H2,1-5H3,(H2,14,19). The maximum Gasteiger partial charge on any atom is 0.242 e. The highest BCUT2D eigenvalue weighted by Crippen LogP contribution is 2.14. The van der Waals surface area contributed by atoms with Crippen LogP contribution in [-0.4, -0.2) is 53.3 Å². The van der Waals surface area contributed by atoms with Gasteiger partial charge in [-0.05, 0) is 19.8 Å². The Morgan fingerprint density at radius 2 is 1.68 bits per heavy atom. The molecule has 0 aliphatic rings. The van der Waals surface area contributed by atoms with Crippen LogP contribution in [0.5, 0.6) is 0 Å². The van der Waals surface area contributed by atoms with E-state index in [0.29, 0.717) is 13.1 Å². The monoisotopic (exact) mass is 287 g/mol. The van der Waals surface area contributed by atoms with Gasteiger partial charge in [-0.15, -0.1) is 0 Å². The molecule has 0 aromatic heterocycles. The van der Waals surface area contributed by atoms with Gasteiger partial charge in [-0.1, -0.05) is 26.1 Å². The number of rotatable bonds is 7. The molecule has 19 heavy (non-hydrogen) atoms. The van der Waals surface area contributed by atoms with Crippen molar-refractivity contribution in [1.29, 1.82) is 0 Å². The van der Waals surface area contributed by atoms with Gasteiger partial charge in [-0.2, -0.15) is 0 Å². The lowest BCUT2D eigenvalue weighted by atomic mass is 9.94. The van der Waals surface area contributed by atoms with Crippen LogP contribution >= 0.6 is 12.2 Å². The quantitative estimate of drug-likeness (QED) is 0.706. The van der Waals surface area contributed by atoms with Crippen molar-refractivity contribution in [3.05, 3.63) is 0 Å². The maximum atomic E-state index is 12.2. The first-order valence-electron chi connectivity index (χ1n) is 6.58. The van der Waals surface area contributed by atoms with Crippen molar-refractivity contribution in [3.63, 3.8) is 0 Å². The molecule has 0 bridgehead atoms. The first-order chi connectivity index (χ1) is 8.76. The highest BCUT2D eigenvalue weighted by atomic mass is 32.1. The zero-order chi connectivity index (χ0) is 15.2. The molecule has 0 saturated heterocycles. The van der Waals surface area contributed by atoms with Gasteiger partial charge >= 0.3 is 0 Å². The Morgan fingerprint density at radius 1 is 1.21 bits per heavy atom. The summed E-state index contributed by atoms with van der Waals surface area (Å²) < 4.78 is 0. The number of amides is 2. The number of nitrogens with two attached hydrogens (primary N) is 1. The summed E-state index contributed by atoms with van der Waals surface area (Å²) in [6.45, 7) is 8.95. The topological polar surface area (TPSA) is 66.6 Å². The molecule has 0 spiro atoms. The van der Waals surface area contributed by atoms with Gasteiger partial charge < -0.3 is 15.5 Å². The maximum absolute atomic E-state index is 12.2. The number of hydrogen-bond acceptors (Lipinski definition) is 3. The fraction of sp³-hybridized carbons (Fsp3) is 0.769. The number of carbonyl (C=O) groups is 2. The van der Waals surface area contributed by atoms with Crippen LogP contribution < -0.4 is 5.73 Å². The van der Waals surface area contributed by atoms with Crippen molar-refractivity contribution in [2.45, 2.75) is 27.7 Å². The number of nitrogens with zero attached hydrogens (tertiary/aromatic N) is 2. The van der Waals surface area contributed by atoms with E-state index in [-0.39, 0.29) is 29.3 Å². The zero-order valence-electron chi connectivity index (χ0n) is 12.5. The number of carbonyl (C=O) groups excluding carboxylic acids is 2. The molecule has 2 N–H and O–H groups in total. The fourth-order valence-electron chi connectivity index (χ4n) is 1.93. The van der Waals surface area contributed by atoms with E-state index in [9.17, 15) is 9.59 Å². The average molecular weight is 287 g/mol. The van der Waals surface area contributed by atoms with Crippen LogP contribution in [0.2, 0.25) is 0 Å². The SMILES string of the molecule is CCN(CC)C(=O)CN(C)C(=O)C(C(N)=S)C(C)C. The Labute approximate surface area is 121 Å². The van der Waals surface area contributed by atoms with Crippen LogP contribution in [0.15, 0.2) is 0 Å². The molecule has 0 aromatic rings. The second-order valence-electron chi connectivity index (χ2n) is 4.88. The van der Waals surface area contributed by atoms with E-state index < -0.39 is 5.92 Å². The molecule has 0 radical (unpaired) electrons. The van der Waals surface area contributed by atoms with Crippen molar-refractivity contribution in [3.8, 4) is 0 Å². The Bertz CT molecular complexity index is 341. The summed E-state index contributed by atoms with van der Waals surface area (Å²) in [7, 11) is 1.61. The normalized spacial score (nSPS) is 12.1. The van der Waals surface area contributed by atoms with Crippen molar-refractivity contribution >= 4 is 29.0 Å². The summed E-state index contributed by atoms with van der Waals surface area (Å²) in [6.07, 6.45) is 0.